The van der Waals surface area contributed by atoms with E-state index >= 15 is 0 Å². The lowest BCUT2D eigenvalue weighted by Crippen LogP contribution is -2.49. The van der Waals surface area contributed by atoms with Crippen LogP contribution >= 0.6 is 0 Å². The number of likely N-dealkylation sites (N-methyl/N-ethyl adjacent to an activating group) is 1. The third-order valence-electron chi connectivity index (χ3n) is 5.05. The first-order chi connectivity index (χ1) is 12.6. The number of rotatable bonds is 7. The predicted octanol–water partition coefficient (Wildman–Crippen LogP) is 1.56. The molecule has 1 saturated heterocycles. The van der Waals surface area contributed by atoms with Gasteiger partial charge >= 0.3 is 0 Å². The number of piperazine rings is 1. The van der Waals surface area contributed by atoms with Gasteiger partial charge in [0.1, 0.15) is 11.6 Å². The monoisotopic (exact) mass is 359 g/mol. The van der Waals surface area contributed by atoms with Crippen LogP contribution in [0.5, 0.6) is 5.75 Å². The Morgan fingerprint density at radius 1 is 1.19 bits per heavy atom. The summed E-state index contributed by atoms with van der Waals surface area (Å²) >= 11 is 0. The maximum atomic E-state index is 12.2. The number of hydrogen-bond donors (Lipinski definition) is 1. The molecule has 2 aromatic rings. The first-order valence-corrected chi connectivity index (χ1v) is 9.38. The predicted molar refractivity (Wildman–Crippen MR) is 102 cm³/mol. The molecule has 1 aliphatic heterocycles. The van der Waals surface area contributed by atoms with Crippen molar-refractivity contribution >= 4 is 16.9 Å². The molecule has 0 bridgehead atoms. The molecule has 2 heterocycles. The van der Waals surface area contributed by atoms with Gasteiger partial charge in [-0.3, -0.25) is 14.6 Å². The van der Waals surface area contributed by atoms with Crippen molar-refractivity contribution in [2.45, 2.75) is 20.4 Å². The Morgan fingerprint density at radius 2 is 1.88 bits per heavy atom. The number of ether oxygens (including phenoxy) is 1. The molecule has 0 spiro atoms. The van der Waals surface area contributed by atoms with Gasteiger partial charge in [0.25, 0.3) is 0 Å². The van der Waals surface area contributed by atoms with Crippen LogP contribution in [-0.2, 0) is 11.3 Å². The standard InChI is InChI=1S/C19H29N5O2/c1-4-24(5-2)19(25)14-23-10-8-22(9-11-23)13-18-20-16-7-6-15(26-3)12-17(16)21-18/h6-7,12H,4-5,8-11,13-14H2,1-3H3,(H,20,21). The molecule has 7 nitrogen and oxygen atoms in total. The van der Waals surface area contributed by atoms with E-state index in [9.17, 15) is 4.79 Å². The van der Waals surface area contributed by atoms with E-state index in [2.05, 4.69) is 19.8 Å². The molecule has 1 fully saturated rings. The fourth-order valence-electron chi connectivity index (χ4n) is 3.43. The van der Waals surface area contributed by atoms with E-state index < -0.39 is 0 Å². The van der Waals surface area contributed by atoms with Crippen LogP contribution < -0.4 is 4.74 Å². The van der Waals surface area contributed by atoms with Gasteiger partial charge < -0.3 is 14.6 Å². The van der Waals surface area contributed by atoms with Gasteiger partial charge in [-0.05, 0) is 26.0 Å². The van der Waals surface area contributed by atoms with Crippen LogP contribution in [0.15, 0.2) is 18.2 Å². The normalized spacial score (nSPS) is 16.1. The van der Waals surface area contributed by atoms with E-state index in [1.807, 2.05) is 36.9 Å². The summed E-state index contributed by atoms with van der Waals surface area (Å²) in [4.78, 5) is 26.8. The number of H-pyrrole nitrogens is 1. The quantitative estimate of drug-likeness (QED) is 0.813. The van der Waals surface area contributed by atoms with Gasteiger partial charge in [-0.25, -0.2) is 4.98 Å². The largest absolute Gasteiger partial charge is 0.497 e. The molecule has 1 aliphatic rings. The second-order valence-electron chi connectivity index (χ2n) is 6.68. The number of fused-ring (bicyclic) bond motifs is 1. The van der Waals surface area contributed by atoms with Crippen LogP contribution in [0.3, 0.4) is 0 Å². The highest BCUT2D eigenvalue weighted by Crippen LogP contribution is 2.19. The van der Waals surface area contributed by atoms with E-state index in [0.717, 1.165) is 68.4 Å². The molecule has 3 rings (SSSR count). The Hall–Kier alpha value is -2.12. The van der Waals surface area contributed by atoms with Crippen molar-refractivity contribution in [3.63, 3.8) is 0 Å². The average molecular weight is 359 g/mol. The Labute approximate surface area is 154 Å². The van der Waals surface area contributed by atoms with Gasteiger partial charge in [0.05, 0.1) is 31.2 Å². The molecule has 1 amide bonds. The third kappa shape index (κ3) is 4.34. The number of aromatic nitrogens is 2. The molecular weight excluding hydrogens is 330 g/mol. The van der Waals surface area contributed by atoms with E-state index in [-0.39, 0.29) is 5.91 Å². The Bertz CT molecular complexity index is 733. The number of carbonyl (C=O) groups excluding carboxylic acids is 1. The second-order valence-corrected chi connectivity index (χ2v) is 6.68. The number of hydrogen-bond acceptors (Lipinski definition) is 5. The molecule has 0 atom stereocenters. The summed E-state index contributed by atoms with van der Waals surface area (Å²) in [6, 6.07) is 5.88. The molecule has 0 saturated carbocycles. The molecule has 26 heavy (non-hydrogen) atoms. The summed E-state index contributed by atoms with van der Waals surface area (Å²) in [5.41, 5.74) is 1.96. The lowest BCUT2D eigenvalue weighted by Gasteiger charge is -2.34. The maximum Gasteiger partial charge on any atom is 0.236 e. The van der Waals surface area contributed by atoms with Crippen molar-refractivity contribution in [3.05, 3.63) is 24.0 Å². The minimum atomic E-state index is 0.231. The number of methoxy groups -OCH3 is 1. The van der Waals surface area contributed by atoms with Crippen LogP contribution in [0.25, 0.3) is 11.0 Å². The molecule has 1 aromatic carbocycles. The molecule has 7 heteroatoms. The molecule has 1 N–H and O–H groups in total. The highest BCUT2D eigenvalue weighted by Gasteiger charge is 2.21. The first-order valence-electron chi connectivity index (χ1n) is 9.38. The zero-order valence-electron chi connectivity index (χ0n) is 16.0. The van der Waals surface area contributed by atoms with Crippen LogP contribution in [0, 0.1) is 0 Å². The highest BCUT2D eigenvalue weighted by atomic mass is 16.5. The van der Waals surface area contributed by atoms with Gasteiger partial charge in [0.2, 0.25) is 5.91 Å². The van der Waals surface area contributed by atoms with Crippen LogP contribution in [0.2, 0.25) is 0 Å². The van der Waals surface area contributed by atoms with Crippen LogP contribution in [0.4, 0.5) is 0 Å². The number of aromatic amines is 1. The van der Waals surface area contributed by atoms with Crippen molar-refractivity contribution in [1.82, 2.24) is 24.7 Å². The number of nitrogens with zero attached hydrogens (tertiary/aromatic N) is 4. The SMILES string of the molecule is CCN(CC)C(=O)CN1CCN(Cc2nc3ccc(OC)cc3[nH]2)CC1. The maximum absolute atomic E-state index is 12.2. The zero-order valence-corrected chi connectivity index (χ0v) is 16.0. The number of nitrogens with one attached hydrogen (secondary N) is 1. The third-order valence-corrected chi connectivity index (χ3v) is 5.05. The highest BCUT2D eigenvalue weighted by molar-refractivity contribution is 5.78. The first kappa shape index (κ1) is 18.7. The van der Waals surface area contributed by atoms with Crippen LogP contribution in [-0.4, -0.2) is 83.5 Å². The van der Waals surface area contributed by atoms with E-state index in [4.69, 9.17) is 4.74 Å². The lowest BCUT2D eigenvalue weighted by atomic mass is 10.3. The number of benzene rings is 1. The topological polar surface area (TPSA) is 64.7 Å². The molecule has 0 aliphatic carbocycles. The molecule has 1 aromatic heterocycles. The van der Waals surface area contributed by atoms with Gasteiger partial charge in [-0.1, -0.05) is 0 Å². The van der Waals surface area contributed by atoms with Crippen molar-refractivity contribution in [2.24, 2.45) is 0 Å². The Morgan fingerprint density at radius 3 is 2.54 bits per heavy atom. The molecule has 0 radical (unpaired) electrons. The summed E-state index contributed by atoms with van der Waals surface area (Å²) in [6.45, 7) is 10.7. The van der Waals surface area contributed by atoms with E-state index in [0.29, 0.717) is 6.54 Å². The van der Waals surface area contributed by atoms with Crippen molar-refractivity contribution in [3.8, 4) is 5.75 Å². The summed E-state index contributed by atoms with van der Waals surface area (Å²) in [6.07, 6.45) is 0. The number of amides is 1. The van der Waals surface area contributed by atoms with Gasteiger partial charge in [0.15, 0.2) is 0 Å². The minimum Gasteiger partial charge on any atom is -0.497 e. The van der Waals surface area contributed by atoms with Gasteiger partial charge in [-0.2, -0.15) is 0 Å². The van der Waals surface area contributed by atoms with Crippen LogP contribution in [0.1, 0.15) is 19.7 Å². The average Bonchev–Trinajstić information content (AvgIpc) is 3.05. The molecular formula is C19H29N5O2. The van der Waals surface area contributed by atoms with E-state index in [1.54, 1.807) is 7.11 Å². The van der Waals surface area contributed by atoms with Crippen molar-refractivity contribution in [1.29, 1.82) is 0 Å². The summed E-state index contributed by atoms with van der Waals surface area (Å²) in [5, 5.41) is 0. The number of imidazole rings is 1. The molecule has 142 valence electrons. The van der Waals surface area contributed by atoms with Crippen molar-refractivity contribution < 1.29 is 9.53 Å². The van der Waals surface area contributed by atoms with Gasteiger partial charge in [0, 0.05) is 45.3 Å². The van der Waals surface area contributed by atoms with Gasteiger partial charge in [-0.15, -0.1) is 0 Å². The fourth-order valence-corrected chi connectivity index (χ4v) is 3.43. The minimum absolute atomic E-state index is 0.231. The number of carbonyl (C=O) groups is 1. The smallest absolute Gasteiger partial charge is 0.236 e. The zero-order chi connectivity index (χ0) is 18.5. The summed E-state index contributed by atoms with van der Waals surface area (Å²) in [7, 11) is 1.67. The van der Waals surface area contributed by atoms with E-state index in [1.165, 1.54) is 0 Å². The summed E-state index contributed by atoms with van der Waals surface area (Å²) < 4.78 is 5.26. The Kier molecular flexibility index (Phi) is 6.11. The molecule has 0 unspecified atom stereocenters. The van der Waals surface area contributed by atoms with Crippen molar-refractivity contribution in [2.75, 3.05) is 52.9 Å². The Balaban J connectivity index is 1.52. The fraction of sp³-hybridized carbons (Fsp3) is 0.579. The lowest BCUT2D eigenvalue weighted by molar-refractivity contribution is -0.132. The summed E-state index contributed by atoms with van der Waals surface area (Å²) in [5.74, 6) is 2.04. The second kappa shape index (κ2) is 8.51.